The van der Waals surface area contributed by atoms with Crippen LogP contribution in [0.4, 0.5) is 0 Å². The van der Waals surface area contributed by atoms with Crippen molar-refractivity contribution in [1.29, 1.82) is 0 Å². The Balaban J connectivity index is 5.03. The maximum atomic E-state index is 12.3. The van der Waals surface area contributed by atoms with Crippen LogP contribution in [0.1, 0.15) is 54.4 Å². The van der Waals surface area contributed by atoms with Crippen LogP contribution < -0.4 is 4.72 Å². The van der Waals surface area contributed by atoms with Crippen LogP contribution in [0.5, 0.6) is 0 Å². The fraction of sp³-hybridized carbons (Fsp3) is 1.00. The summed E-state index contributed by atoms with van der Waals surface area (Å²) in [5.74, 6) is 0. The Labute approximate surface area is 112 Å². The first kappa shape index (κ1) is 17.8. The molecule has 0 aromatic rings. The Morgan fingerprint density at radius 1 is 1.06 bits per heavy atom. The van der Waals surface area contributed by atoms with Gasteiger partial charge in [0.1, 0.15) is 0 Å². The van der Waals surface area contributed by atoms with E-state index in [9.17, 15) is 13.5 Å². The average Bonchev–Trinajstić information content (AvgIpc) is 2.14. The third kappa shape index (κ3) is 4.84. The number of aliphatic hydroxyl groups is 1. The number of hydrogen-bond donors (Lipinski definition) is 2. The molecule has 0 rings (SSSR count). The molecule has 18 heavy (non-hydrogen) atoms. The summed E-state index contributed by atoms with van der Waals surface area (Å²) in [6, 6.07) is 0. The van der Waals surface area contributed by atoms with Crippen molar-refractivity contribution in [3.8, 4) is 0 Å². The average molecular weight is 280 g/mol. The van der Waals surface area contributed by atoms with E-state index in [-0.39, 0.29) is 0 Å². The van der Waals surface area contributed by atoms with Crippen LogP contribution in [0.2, 0.25) is 0 Å². The Bertz CT molecular complexity index is 339. The molecule has 0 aliphatic rings. The third-order valence-electron chi connectivity index (χ3n) is 3.20. The second-order valence-corrected chi connectivity index (χ2v) is 7.36. The molecule has 6 heteroatoms. The Hall–Kier alpha value is -0.170. The number of hydrogen-bond acceptors (Lipinski definition) is 3. The van der Waals surface area contributed by atoms with Gasteiger partial charge in [0.15, 0.2) is 0 Å². The highest BCUT2D eigenvalue weighted by atomic mass is 32.2. The summed E-state index contributed by atoms with van der Waals surface area (Å²) in [6.07, 6.45) is 1.54. The number of rotatable bonds is 8. The molecule has 110 valence electrons. The maximum Gasteiger partial charge on any atom is 0.280 e. The van der Waals surface area contributed by atoms with E-state index in [1.54, 1.807) is 27.7 Å². The van der Waals surface area contributed by atoms with Gasteiger partial charge in [-0.05, 0) is 40.5 Å². The van der Waals surface area contributed by atoms with Crippen LogP contribution in [0.25, 0.3) is 0 Å². The van der Waals surface area contributed by atoms with Crippen molar-refractivity contribution in [3.05, 3.63) is 0 Å². The van der Waals surface area contributed by atoms with Crippen LogP contribution >= 0.6 is 0 Å². The lowest BCUT2D eigenvalue weighted by Crippen LogP contribution is -2.60. The summed E-state index contributed by atoms with van der Waals surface area (Å²) < 4.78 is 28.6. The van der Waals surface area contributed by atoms with Gasteiger partial charge in [-0.25, -0.2) is 0 Å². The van der Waals surface area contributed by atoms with Crippen molar-refractivity contribution in [2.75, 3.05) is 13.1 Å². The third-order valence-corrected chi connectivity index (χ3v) is 5.01. The molecular weight excluding hydrogens is 252 g/mol. The van der Waals surface area contributed by atoms with Gasteiger partial charge in [0.2, 0.25) is 0 Å². The number of nitrogens with zero attached hydrogens (tertiary/aromatic N) is 1. The largest absolute Gasteiger partial charge is 0.389 e. The van der Waals surface area contributed by atoms with E-state index in [2.05, 4.69) is 4.72 Å². The summed E-state index contributed by atoms with van der Waals surface area (Å²) in [5, 5.41) is 10.0. The SMILES string of the molecule is CCCN(CCC)S(=O)(=O)NC(C)(C)C(C)(C)O. The van der Waals surface area contributed by atoms with Gasteiger partial charge >= 0.3 is 0 Å². The molecule has 0 aliphatic carbocycles. The molecule has 0 amide bonds. The smallest absolute Gasteiger partial charge is 0.280 e. The minimum absolute atomic E-state index is 0.491. The van der Waals surface area contributed by atoms with Gasteiger partial charge in [-0.2, -0.15) is 17.4 Å². The van der Waals surface area contributed by atoms with Crippen molar-refractivity contribution in [2.45, 2.75) is 65.5 Å². The fourth-order valence-corrected chi connectivity index (χ4v) is 3.23. The highest BCUT2D eigenvalue weighted by Gasteiger charge is 2.39. The lowest BCUT2D eigenvalue weighted by atomic mass is 9.87. The molecule has 0 saturated carbocycles. The molecule has 0 radical (unpaired) electrons. The van der Waals surface area contributed by atoms with Crippen LogP contribution in [0.15, 0.2) is 0 Å². The minimum atomic E-state index is -3.56. The van der Waals surface area contributed by atoms with E-state index in [1.165, 1.54) is 4.31 Å². The van der Waals surface area contributed by atoms with E-state index < -0.39 is 21.3 Å². The molecule has 0 heterocycles. The Morgan fingerprint density at radius 2 is 1.44 bits per heavy atom. The zero-order valence-corrected chi connectivity index (χ0v) is 13.3. The minimum Gasteiger partial charge on any atom is -0.389 e. The summed E-state index contributed by atoms with van der Waals surface area (Å²) >= 11 is 0. The second kappa shape index (κ2) is 6.32. The van der Waals surface area contributed by atoms with E-state index in [0.29, 0.717) is 13.1 Å². The lowest BCUT2D eigenvalue weighted by Gasteiger charge is -2.39. The second-order valence-electron chi connectivity index (χ2n) is 5.69. The highest BCUT2D eigenvalue weighted by molar-refractivity contribution is 7.87. The molecule has 0 atom stereocenters. The fourth-order valence-electron chi connectivity index (χ4n) is 1.36. The molecule has 0 fully saturated rings. The molecule has 2 N–H and O–H groups in total. The zero-order chi connectivity index (χ0) is 14.6. The first-order valence-corrected chi connectivity index (χ1v) is 7.93. The van der Waals surface area contributed by atoms with Gasteiger partial charge < -0.3 is 5.11 Å². The summed E-state index contributed by atoms with van der Waals surface area (Å²) in [5.41, 5.74) is -2.06. The van der Waals surface area contributed by atoms with E-state index in [0.717, 1.165) is 12.8 Å². The van der Waals surface area contributed by atoms with Crippen molar-refractivity contribution in [3.63, 3.8) is 0 Å². The van der Waals surface area contributed by atoms with E-state index in [1.807, 2.05) is 13.8 Å². The van der Waals surface area contributed by atoms with Crippen molar-refractivity contribution in [2.24, 2.45) is 0 Å². The molecule has 0 saturated heterocycles. The standard InChI is InChI=1S/C12H28N2O3S/c1-7-9-14(10-8-2)18(16,17)13-11(3,4)12(5,6)15/h13,15H,7-10H2,1-6H3. The summed E-state index contributed by atoms with van der Waals surface area (Å²) in [7, 11) is -3.56. The lowest BCUT2D eigenvalue weighted by molar-refractivity contribution is 0.00563. The molecule has 0 spiro atoms. The van der Waals surface area contributed by atoms with Gasteiger partial charge in [-0.15, -0.1) is 0 Å². The molecule has 0 aromatic carbocycles. The first-order valence-electron chi connectivity index (χ1n) is 6.49. The van der Waals surface area contributed by atoms with Crippen LogP contribution in [0, 0.1) is 0 Å². The predicted octanol–water partition coefficient (Wildman–Crippen LogP) is 1.49. The number of nitrogens with one attached hydrogen (secondary N) is 1. The summed E-state index contributed by atoms with van der Waals surface area (Å²) in [6.45, 7) is 11.4. The van der Waals surface area contributed by atoms with Gasteiger partial charge in [-0.1, -0.05) is 13.8 Å². The van der Waals surface area contributed by atoms with Crippen molar-refractivity contribution < 1.29 is 13.5 Å². The van der Waals surface area contributed by atoms with Gasteiger partial charge in [-0.3, -0.25) is 0 Å². The first-order chi connectivity index (χ1) is 7.98. The molecule has 0 aromatic heterocycles. The molecule has 0 aliphatic heterocycles. The topological polar surface area (TPSA) is 69.6 Å². The van der Waals surface area contributed by atoms with Crippen molar-refractivity contribution >= 4 is 10.2 Å². The van der Waals surface area contributed by atoms with E-state index >= 15 is 0 Å². The monoisotopic (exact) mass is 280 g/mol. The molecule has 5 nitrogen and oxygen atoms in total. The maximum absolute atomic E-state index is 12.3. The predicted molar refractivity (Wildman–Crippen MR) is 74.6 cm³/mol. The molecule has 0 unspecified atom stereocenters. The van der Waals surface area contributed by atoms with Crippen LogP contribution in [-0.4, -0.2) is 42.1 Å². The Morgan fingerprint density at radius 3 is 1.72 bits per heavy atom. The van der Waals surface area contributed by atoms with Gasteiger partial charge in [0, 0.05) is 13.1 Å². The summed E-state index contributed by atoms with van der Waals surface area (Å²) in [4.78, 5) is 0. The normalized spacial score (nSPS) is 14.2. The van der Waals surface area contributed by atoms with Gasteiger partial charge in [0.05, 0.1) is 11.1 Å². The van der Waals surface area contributed by atoms with Crippen LogP contribution in [0.3, 0.4) is 0 Å². The van der Waals surface area contributed by atoms with Gasteiger partial charge in [0.25, 0.3) is 10.2 Å². The quantitative estimate of drug-likeness (QED) is 0.708. The van der Waals surface area contributed by atoms with E-state index in [4.69, 9.17) is 0 Å². The highest BCUT2D eigenvalue weighted by Crippen LogP contribution is 2.22. The van der Waals surface area contributed by atoms with Crippen LogP contribution in [-0.2, 0) is 10.2 Å². The zero-order valence-electron chi connectivity index (χ0n) is 12.4. The van der Waals surface area contributed by atoms with Crippen molar-refractivity contribution in [1.82, 2.24) is 9.03 Å². The molecular formula is C12H28N2O3S. The Kier molecular flexibility index (Phi) is 6.26. The molecule has 0 bridgehead atoms.